The van der Waals surface area contributed by atoms with E-state index in [0.717, 1.165) is 25.9 Å². The van der Waals surface area contributed by atoms with Crippen LogP contribution in [0.3, 0.4) is 0 Å². The molecule has 0 atom stereocenters. The monoisotopic (exact) mass is 179 g/mol. The molecule has 0 unspecified atom stereocenters. The Hall–Kier alpha value is -0.750. The Morgan fingerprint density at radius 1 is 1.31 bits per heavy atom. The van der Waals surface area contributed by atoms with Crippen molar-refractivity contribution in [3.8, 4) is 6.19 Å². The molecule has 0 radical (unpaired) electrons. The van der Waals surface area contributed by atoms with Gasteiger partial charge in [-0.3, -0.25) is 0 Å². The Morgan fingerprint density at radius 3 is 2.54 bits per heavy atom. The van der Waals surface area contributed by atoms with Crippen LogP contribution in [0, 0.1) is 16.9 Å². The smallest absolute Gasteiger partial charge is 0.179 e. The Bertz CT molecular complexity index is 223. The van der Waals surface area contributed by atoms with Gasteiger partial charge >= 0.3 is 0 Å². The molecule has 1 heterocycles. The van der Waals surface area contributed by atoms with Crippen molar-refractivity contribution < 1.29 is 0 Å². The molecular weight excluding hydrogens is 162 g/mol. The largest absolute Gasteiger partial charge is 0.328 e. The van der Waals surface area contributed by atoms with E-state index in [2.05, 4.69) is 6.19 Å². The molecule has 13 heavy (non-hydrogen) atoms. The van der Waals surface area contributed by atoms with Gasteiger partial charge in [-0.2, -0.15) is 5.26 Å². The van der Waals surface area contributed by atoms with E-state index in [4.69, 9.17) is 11.0 Å². The summed E-state index contributed by atoms with van der Waals surface area (Å²) in [5.41, 5.74) is 6.32. The van der Waals surface area contributed by atoms with Crippen molar-refractivity contribution >= 4 is 0 Å². The van der Waals surface area contributed by atoms with E-state index in [9.17, 15) is 0 Å². The van der Waals surface area contributed by atoms with Gasteiger partial charge < -0.3 is 10.6 Å². The van der Waals surface area contributed by atoms with Crippen molar-refractivity contribution in [2.75, 3.05) is 13.1 Å². The second-order valence-corrected chi connectivity index (χ2v) is 4.61. The average Bonchev–Trinajstić information content (AvgIpc) is 2.55. The van der Waals surface area contributed by atoms with Gasteiger partial charge in [0.15, 0.2) is 6.19 Å². The molecule has 0 aromatic heterocycles. The third-order valence-corrected chi connectivity index (χ3v) is 3.67. The molecule has 3 nitrogen and oxygen atoms in total. The number of nitriles is 1. The van der Waals surface area contributed by atoms with E-state index in [0.29, 0.717) is 11.5 Å². The number of hydrogen-bond acceptors (Lipinski definition) is 3. The number of rotatable bonds is 0. The Kier molecular flexibility index (Phi) is 2.17. The minimum Gasteiger partial charge on any atom is -0.328 e. The highest BCUT2D eigenvalue weighted by Gasteiger charge is 2.40. The molecule has 0 aromatic rings. The molecule has 2 aliphatic rings. The first-order valence-electron chi connectivity index (χ1n) is 5.14. The summed E-state index contributed by atoms with van der Waals surface area (Å²) in [4.78, 5) is 1.90. The molecule has 0 aromatic carbocycles. The lowest BCUT2D eigenvalue weighted by molar-refractivity contribution is 0.187. The molecule has 1 spiro atoms. The predicted molar refractivity (Wildman–Crippen MR) is 50.7 cm³/mol. The van der Waals surface area contributed by atoms with Crippen LogP contribution in [-0.4, -0.2) is 24.0 Å². The fourth-order valence-corrected chi connectivity index (χ4v) is 2.68. The number of nitrogens with two attached hydrogens (primary N) is 1. The molecule has 72 valence electrons. The van der Waals surface area contributed by atoms with Gasteiger partial charge in [0.25, 0.3) is 0 Å². The van der Waals surface area contributed by atoms with Crippen molar-refractivity contribution in [3.63, 3.8) is 0 Å². The third kappa shape index (κ3) is 1.64. The van der Waals surface area contributed by atoms with Crippen LogP contribution in [0.1, 0.15) is 32.1 Å². The Labute approximate surface area is 79.5 Å². The first-order valence-corrected chi connectivity index (χ1v) is 5.14. The maximum atomic E-state index is 8.78. The maximum absolute atomic E-state index is 8.78. The zero-order valence-corrected chi connectivity index (χ0v) is 8.00. The highest BCUT2D eigenvalue weighted by molar-refractivity contribution is 4.97. The maximum Gasteiger partial charge on any atom is 0.179 e. The minimum absolute atomic E-state index is 0.418. The van der Waals surface area contributed by atoms with E-state index in [1.807, 2.05) is 4.90 Å². The van der Waals surface area contributed by atoms with Crippen molar-refractivity contribution in [2.24, 2.45) is 11.1 Å². The lowest BCUT2D eigenvalue weighted by atomic mass is 9.72. The summed E-state index contributed by atoms with van der Waals surface area (Å²) in [6, 6.07) is 0.418. The number of hydrogen-bond donors (Lipinski definition) is 1. The van der Waals surface area contributed by atoms with Gasteiger partial charge in [0.05, 0.1) is 0 Å². The molecule has 2 N–H and O–H groups in total. The summed E-state index contributed by atoms with van der Waals surface area (Å²) in [7, 11) is 0. The second kappa shape index (κ2) is 3.19. The van der Waals surface area contributed by atoms with Crippen molar-refractivity contribution in [2.45, 2.75) is 38.1 Å². The molecule has 0 amide bonds. The van der Waals surface area contributed by atoms with Crippen LogP contribution in [0.15, 0.2) is 0 Å². The molecule has 0 bridgehead atoms. The second-order valence-electron chi connectivity index (χ2n) is 4.61. The minimum atomic E-state index is 0.418. The summed E-state index contributed by atoms with van der Waals surface area (Å²) >= 11 is 0. The van der Waals surface area contributed by atoms with Crippen molar-refractivity contribution in [1.82, 2.24) is 4.90 Å². The highest BCUT2D eigenvalue weighted by atomic mass is 15.1. The molecular formula is C10H17N3. The van der Waals surface area contributed by atoms with Crippen molar-refractivity contribution in [1.29, 1.82) is 5.26 Å². The normalized spacial score (nSPS) is 39.4. The molecule has 1 saturated carbocycles. The van der Waals surface area contributed by atoms with Gasteiger partial charge in [-0.25, -0.2) is 0 Å². The molecule has 1 aliphatic heterocycles. The van der Waals surface area contributed by atoms with Crippen LogP contribution < -0.4 is 5.73 Å². The van der Waals surface area contributed by atoms with Crippen LogP contribution in [0.2, 0.25) is 0 Å². The SMILES string of the molecule is N#CN1CCC2(CCC(N)CC2)C1. The van der Waals surface area contributed by atoms with Crippen LogP contribution in [0.25, 0.3) is 0 Å². The quantitative estimate of drug-likeness (QED) is 0.566. The molecule has 2 fully saturated rings. The predicted octanol–water partition coefficient (Wildman–Crippen LogP) is 1.06. The summed E-state index contributed by atoms with van der Waals surface area (Å²) in [6.07, 6.45) is 8.21. The van der Waals surface area contributed by atoms with E-state index in [-0.39, 0.29) is 0 Å². The van der Waals surface area contributed by atoms with Gasteiger partial charge in [-0.15, -0.1) is 0 Å². The summed E-state index contributed by atoms with van der Waals surface area (Å²) in [5.74, 6) is 0. The topological polar surface area (TPSA) is 53.0 Å². The zero-order chi connectivity index (χ0) is 9.31. The summed E-state index contributed by atoms with van der Waals surface area (Å²) in [6.45, 7) is 1.95. The van der Waals surface area contributed by atoms with Crippen molar-refractivity contribution in [3.05, 3.63) is 0 Å². The van der Waals surface area contributed by atoms with E-state index < -0.39 is 0 Å². The highest BCUT2D eigenvalue weighted by Crippen LogP contribution is 2.42. The molecule has 1 saturated heterocycles. The van der Waals surface area contributed by atoms with Gasteiger partial charge in [-0.1, -0.05) is 0 Å². The Morgan fingerprint density at radius 2 is 2.00 bits per heavy atom. The third-order valence-electron chi connectivity index (χ3n) is 3.67. The first kappa shape index (κ1) is 8.83. The van der Waals surface area contributed by atoms with E-state index >= 15 is 0 Å². The van der Waals surface area contributed by atoms with Gasteiger partial charge in [-0.05, 0) is 37.5 Å². The molecule has 1 aliphatic carbocycles. The summed E-state index contributed by atoms with van der Waals surface area (Å²) < 4.78 is 0. The molecule has 3 heteroatoms. The summed E-state index contributed by atoms with van der Waals surface area (Å²) in [5, 5.41) is 8.78. The standard InChI is InChI=1S/C10H17N3/c11-8-13-6-5-10(7-13)3-1-9(12)2-4-10/h9H,1-7,12H2. The van der Waals surface area contributed by atoms with Crippen LogP contribution in [-0.2, 0) is 0 Å². The van der Waals surface area contributed by atoms with E-state index in [1.54, 1.807) is 0 Å². The van der Waals surface area contributed by atoms with Crippen LogP contribution in [0.4, 0.5) is 0 Å². The average molecular weight is 179 g/mol. The van der Waals surface area contributed by atoms with E-state index in [1.165, 1.54) is 19.3 Å². The fourth-order valence-electron chi connectivity index (χ4n) is 2.68. The van der Waals surface area contributed by atoms with Crippen LogP contribution >= 0.6 is 0 Å². The Balaban J connectivity index is 1.96. The number of nitrogens with zero attached hydrogens (tertiary/aromatic N) is 2. The lowest BCUT2D eigenvalue weighted by Gasteiger charge is -2.35. The van der Waals surface area contributed by atoms with Crippen LogP contribution in [0.5, 0.6) is 0 Å². The van der Waals surface area contributed by atoms with Gasteiger partial charge in [0, 0.05) is 19.1 Å². The zero-order valence-electron chi connectivity index (χ0n) is 8.00. The van der Waals surface area contributed by atoms with Gasteiger partial charge in [0.2, 0.25) is 0 Å². The molecule has 2 rings (SSSR count). The van der Waals surface area contributed by atoms with Gasteiger partial charge in [0.1, 0.15) is 0 Å². The lowest BCUT2D eigenvalue weighted by Crippen LogP contribution is -2.35. The fraction of sp³-hybridized carbons (Fsp3) is 0.900. The number of likely N-dealkylation sites (tertiary alicyclic amines) is 1. The first-order chi connectivity index (χ1) is 6.24.